The van der Waals surface area contributed by atoms with Gasteiger partial charge >= 0.3 is 13.8 Å². The second kappa shape index (κ2) is 46.2. The first-order valence-electron chi connectivity index (χ1n) is 27.7. The number of allylic oxidation sites excluding steroid dienone is 3. The topological polar surface area (TPSA) is 111 Å². The quantitative estimate of drug-likeness (QED) is 0.0205. The van der Waals surface area contributed by atoms with Crippen LogP contribution in [0.5, 0.6) is 0 Å². The Labute approximate surface area is 403 Å². The average molecular weight is 940 g/mol. The average Bonchev–Trinajstić information content (AvgIpc) is 3.26. The van der Waals surface area contributed by atoms with Crippen molar-refractivity contribution in [1.29, 1.82) is 0 Å². The summed E-state index contributed by atoms with van der Waals surface area (Å²) in [5.41, 5.74) is 0. The monoisotopic (exact) mass is 940 g/mol. The van der Waals surface area contributed by atoms with Gasteiger partial charge in [-0.05, 0) is 57.4 Å². The molecule has 0 bridgehead atoms. The van der Waals surface area contributed by atoms with Crippen LogP contribution in [0.2, 0.25) is 0 Å². The highest BCUT2D eigenvalue weighted by atomic mass is 31.2. The number of hydrogen-bond donors (Lipinski definition) is 2. The van der Waals surface area contributed by atoms with Crippen LogP contribution in [0.25, 0.3) is 0 Å². The molecule has 9 nitrogen and oxygen atoms in total. The van der Waals surface area contributed by atoms with E-state index in [1.807, 2.05) is 33.3 Å². The maximum atomic E-state index is 13.4. The predicted molar refractivity (Wildman–Crippen MR) is 277 cm³/mol. The summed E-state index contributed by atoms with van der Waals surface area (Å²) in [5, 5.41) is 3.04. The largest absolute Gasteiger partial charge is 0.472 e. The first-order chi connectivity index (χ1) is 31.4. The smallest absolute Gasteiger partial charge is 0.456 e. The maximum absolute atomic E-state index is 13.4. The zero-order valence-corrected chi connectivity index (χ0v) is 44.6. The predicted octanol–water partition coefficient (Wildman–Crippen LogP) is 16.2. The molecule has 65 heavy (non-hydrogen) atoms. The van der Waals surface area contributed by atoms with Crippen LogP contribution in [-0.4, -0.2) is 74.3 Å². The molecule has 0 aliphatic rings. The number of nitrogens with one attached hydrogen (secondary N) is 1. The highest BCUT2D eigenvalue weighted by Gasteiger charge is 2.30. The summed E-state index contributed by atoms with van der Waals surface area (Å²) in [4.78, 5) is 37.4. The molecule has 0 spiro atoms. The number of carbonyl (C=O) groups excluding carboxylic acids is 2. The molecule has 0 radical (unpaired) electrons. The van der Waals surface area contributed by atoms with E-state index in [1.54, 1.807) is 0 Å². The Kier molecular flexibility index (Phi) is 45.2. The standard InChI is InChI=1S/C55H107N2O7P/c1-7-10-13-16-19-22-25-26-27-28-29-30-33-36-39-42-45-48-55(59)64-53(46-43-40-37-34-31-23-20-17-14-11-8-2)52(51-63-65(60,61)62-50-49-57(4,5)6)56-54(58)47-44-41-38-35-32-24-21-18-15-12-9-3/h26-27,43,46,52-53H,7-25,28-42,44-45,47-51H2,1-6H3,(H-,56,58,60,61)/p+1/b27-26+,46-43+. The van der Waals surface area contributed by atoms with Gasteiger partial charge in [0.25, 0.3) is 0 Å². The van der Waals surface area contributed by atoms with Gasteiger partial charge in [-0.15, -0.1) is 0 Å². The lowest BCUT2D eigenvalue weighted by Crippen LogP contribution is -2.47. The molecule has 0 fully saturated rings. The van der Waals surface area contributed by atoms with Crippen LogP contribution >= 0.6 is 7.82 Å². The van der Waals surface area contributed by atoms with Crippen molar-refractivity contribution >= 4 is 19.7 Å². The molecule has 10 heteroatoms. The number of hydrogen-bond acceptors (Lipinski definition) is 6. The molecule has 3 atom stereocenters. The SMILES string of the molecule is CCCCCCCC/C=C/CCCCCCCCCC(=O)OC(/C=C/CCCCCCCCCCC)C(COP(=O)(O)OCC[N+](C)(C)C)NC(=O)CCCCCCCCCCCCC. The first-order valence-corrected chi connectivity index (χ1v) is 29.2. The van der Waals surface area contributed by atoms with E-state index < -0.39 is 20.0 Å². The van der Waals surface area contributed by atoms with E-state index in [0.717, 1.165) is 57.8 Å². The molecule has 0 saturated carbocycles. The Balaban J connectivity index is 5.31. The van der Waals surface area contributed by atoms with Crippen molar-refractivity contribution in [3.05, 3.63) is 24.3 Å². The number of rotatable bonds is 50. The zero-order chi connectivity index (χ0) is 48.0. The maximum Gasteiger partial charge on any atom is 0.472 e. The fraction of sp³-hybridized carbons (Fsp3) is 0.891. The minimum Gasteiger partial charge on any atom is -0.456 e. The number of quaternary nitrogens is 1. The van der Waals surface area contributed by atoms with Crippen LogP contribution in [0.3, 0.4) is 0 Å². The second-order valence-electron chi connectivity index (χ2n) is 20.1. The highest BCUT2D eigenvalue weighted by molar-refractivity contribution is 7.47. The summed E-state index contributed by atoms with van der Waals surface area (Å²) >= 11 is 0. The third kappa shape index (κ3) is 47.4. The van der Waals surface area contributed by atoms with Crippen LogP contribution < -0.4 is 5.32 Å². The van der Waals surface area contributed by atoms with E-state index >= 15 is 0 Å². The molecule has 0 aromatic heterocycles. The van der Waals surface area contributed by atoms with Crippen LogP contribution in [0, 0.1) is 0 Å². The van der Waals surface area contributed by atoms with Gasteiger partial charge in [0, 0.05) is 12.8 Å². The molecule has 1 amide bonds. The third-order valence-electron chi connectivity index (χ3n) is 12.4. The number of amides is 1. The van der Waals surface area contributed by atoms with Gasteiger partial charge in [-0.1, -0.05) is 219 Å². The molecule has 0 aromatic rings. The summed E-state index contributed by atoms with van der Waals surface area (Å²) < 4.78 is 30.5. The lowest BCUT2D eigenvalue weighted by molar-refractivity contribution is -0.870. The zero-order valence-electron chi connectivity index (χ0n) is 43.7. The van der Waals surface area contributed by atoms with Crippen molar-refractivity contribution in [3.63, 3.8) is 0 Å². The Morgan fingerprint density at radius 3 is 1.31 bits per heavy atom. The summed E-state index contributed by atoms with van der Waals surface area (Å²) in [6.45, 7) is 7.00. The molecule has 3 unspecified atom stereocenters. The van der Waals surface area contributed by atoms with Crippen molar-refractivity contribution in [2.24, 2.45) is 0 Å². The van der Waals surface area contributed by atoms with Crippen molar-refractivity contribution in [2.75, 3.05) is 40.9 Å². The highest BCUT2D eigenvalue weighted by Crippen LogP contribution is 2.43. The lowest BCUT2D eigenvalue weighted by Gasteiger charge is -2.27. The van der Waals surface area contributed by atoms with Gasteiger partial charge in [-0.25, -0.2) is 4.57 Å². The number of esters is 1. The molecule has 384 valence electrons. The van der Waals surface area contributed by atoms with Crippen molar-refractivity contribution in [1.82, 2.24) is 5.32 Å². The molecule has 0 heterocycles. The Morgan fingerprint density at radius 1 is 0.523 bits per heavy atom. The summed E-state index contributed by atoms with van der Waals surface area (Å²) in [5.74, 6) is -0.503. The van der Waals surface area contributed by atoms with Crippen LogP contribution in [0.15, 0.2) is 24.3 Å². The number of carbonyl (C=O) groups is 2. The molecule has 0 rings (SSSR count). The van der Waals surface area contributed by atoms with Crippen molar-refractivity contribution < 1.29 is 37.3 Å². The normalized spacial score (nSPS) is 14.0. The summed E-state index contributed by atoms with van der Waals surface area (Å²) in [7, 11) is 1.50. The number of likely N-dealkylation sites (N-methyl/N-ethyl adjacent to an activating group) is 1. The molecule has 0 aliphatic heterocycles. The van der Waals surface area contributed by atoms with Gasteiger partial charge in [-0.2, -0.15) is 0 Å². The van der Waals surface area contributed by atoms with Gasteiger partial charge in [0.2, 0.25) is 5.91 Å². The Hall–Kier alpha value is -1.51. The minimum atomic E-state index is -4.43. The number of phosphoric acid groups is 1. The van der Waals surface area contributed by atoms with Crippen LogP contribution in [-0.2, 0) is 27.9 Å². The fourth-order valence-electron chi connectivity index (χ4n) is 8.05. The number of nitrogens with zero attached hydrogens (tertiary/aromatic N) is 1. The molecule has 0 saturated heterocycles. The van der Waals surface area contributed by atoms with E-state index in [0.29, 0.717) is 23.9 Å². The molecule has 2 N–H and O–H groups in total. The Morgan fingerprint density at radius 2 is 0.892 bits per heavy atom. The van der Waals surface area contributed by atoms with Crippen LogP contribution in [0.1, 0.15) is 265 Å². The van der Waals surface area contributed by atoms with Gasteiger partial charge in [0.1, 0.15) is 19.3 Å². The molecule has 0 aromatic carbocycles. The second-order valence-corrected chi connectivity index (χ2v) is 21.6. The minimum absolute atomic E-state index is 0.0426. The summed E-state index contributed by atoms with van der Waals surface area (Å²) in [6.07, 6.45) is 51.7. The van der Waals surface area contributed by atoms with E-state index in [1.165, 1.54) is 173 Å². The van der Waals surface area contributed by atoms with Gasteiger partial charge in [0.05, 0.1) is 33.8 Å². The van der Waals surface area contributed by atoms with Gasteiger partial charge in [0.15, 0.2) is 0 Å². The van der Waals surface area contributed by atoms with E-state index in [4.69, 9.17) is 13.8 Å². The van der Waals surface area contributed by atoms with E-state index in [-0.39, 0.29) is 25.1 Å². The van der Waals surface area contributed by atoms with E-state index in [2.05, 4.69) is 38.2 Å². The van der Waals surface area contributed by atoms with Gasteiger partial charge < -0.3 is 19.4 Å². The third-order valence-corrected chi connectivity index (χ3v) is 13.4. The number of phosphoric ester groups is 1. The van der Waals surface area contributed by atoms with Gasteiger partial charge in [-0.3, -0.25) is 18.6 Å². The molecular formula is C55H108N2O7P+. The number of unbranched alkanes of at least 4 members (excludes halogenated alkanes) is 32. The van der Waals surface area contributed by atoms with E-state index in [9.17, 15) is 19.0 Å². The fourth-order valence-corrected chi connectivity index (χ4v) is 8.79. The molecule has 0 aliphatic carbocycles. The number of ether oxygens (including phenoxy) is 1. The first kappa shape index (κ1) is 63.5. The van der Waals surface area contributed by atoms with Crippen LogP contribution in [0.4, 0.5) is 0 Å². The Bertz CT molecular complexity index is 1170. The molecular weight excluding hydrogens is 832 g/mol. The van der Waals surface area contributed by atoms with Crippen molar-refractivity contribution in [2.45, 2.75) is 277 Å². The summed E-state index contributed by atoms with van der Waals surface area (Å²) in [6, 6.07) is -0.841. The van der Waals surface area contributed by atoms with Crippen molar-refractivity contribution in [3.8, 4) is 0 Å². The lowest BCUT2D eigenvalue weighted by atomic mass is 10.0.